The summed E-state index contributed by atoms with van der Waals surface area (Å²) in [5, 5.41) is 13.5. The maximum Gasteiger partial charge on any atom is 0.324 e. The Labute approximate surface area is 196 Å². The van der Waals surface area contributed by atoms with Crippen LogP contribution in [0.3, 0.4) is 0 Å². The van der Waals surface area contributed by atoms with Gasteiger partial charge in [-0.3, -0.25) is 29.6 Å². The predicted octanol–water partition coefficient (Wildman–Crippen LogP) is 2.15. The van der Waals surface area contributed by atoms with Crippen LogP contribution in [0.4, 0.5) is 0 Å². The molecule has 2 fully saturated rings. The Morgan fingerprint density at radius 3 is 2.64 bits per heavy atom. The highest BCUT2D eigenvalue weighted by Crippen LogP contribution is 2.51. The van der Waals surface area contributed by atoms with Gasteiger partial charge in [0.2, 0.25) is 11.8 Å². The third kappa shape index (κ3) is 4.00. The molecule has 4 unspecified atom stereocenters. The van der Waals surface area contributed by atoms with Crippen molar-refractivity contribution in [2.45, 2.75) is 24.4 Å². The molecule has 2 N–H and O–H groups in total. The zero-order valence-corrected chi connectivity index (χ0v) is 19.4. The standard InChI is InChI=1S/C24H27N3O5S/c1-32-17-9-4-3-8-16(17)20-18-19(24(26-20,23(30)31)11-14-33-2)22(29)27(21(18)28)13-10-15-7-5-6-12-25-15/h3-9,12,18-20,26H,10-11,13-14H2,1-2H3,(H,30,31). The number of nitrogens with zero attached hydrogens (tertiary/aromatic N) is 2. The van der Waals surface area contributed by atoms with Crippen molar-refractivity contribution in [3.63, 3.8) is 0 Å². The first-order valence-corrected chi connectivity index (χ1v) is 12.2. The number of aromatic nitrogens is 1. The van der Waals surface area contributed by atoms with Gasteiger partial charge in [-0.1, -0.05) is 24.3 Å². The van der Waals surface area contributed by atoms with Gasteiger partial charge in [0.1, 0.15) is 11.3 Å². The molecule has 8 nitrogen and oxygen atoms in total. The molecular weight excluding hydrogens is 442 g/mol. The summed E-state index contributed by atoms with van der Waals surface area (Å²) in [6.45, 7) is 0.165. The Bertz CT molecular complexity index is 1050. The summed E-state index contributed by atoms with van der Waals surface area (Å²) in [5.74, 6) is -2.63. The molecule has 0 aliphatic carbocycles. The fourth-order valence-electron chi connectivity index (χ4n) is 5.04. The van der Waals surface area contributed by atoms with E-state index in [0.717, 1.165) is 5.69 Å². The minimum atomic E-state index is -1.54. The molecule has 0 radical (unpaired) electrons. The summed E-state index contributed by atoms with van der Waals surface area (Å²) in [5.41, 5.74) is -0.0949. The number of aliphatic carboxylic acids is 1. The number of methoxy groups -OCH3 is 1. The molecule has 3 heterocycles. The number of amides is 2. The predicted molar refractivity (Wildman–Crippen MR) is 124 cm³/mol. The number of carboxylic acid groups (broad SMARTS) is 1. The molecule has 0 bridgehead atoms. The topological polar surface area (TPSA) is 109 Å². The van der Waals surface area contributed by atoms with Crippen LogP contribution < -0.4 is 10.1 Å². The molecule has 1 aromatic heterocycles. The van der Waals surface area contributed by atoms with Gasteiger partial charge in [-0.05, 0) is 36.6 Å². The van der Waals surface area contributed by atoms with Crippen LogP contribution in [0.5, 0.6) is 5.75 Å². The van der Waals surface area contributed by atoms with Gasteiger partial charge in [-0.15, -0.1) is 0 Å². The van der Waals surface area contributed by atoms with Crippen LogP contribution in [-0.4, -0.2) is 64.0 Å². The number of carbonyl (C=O) groups excluding carboxylic acids is 2. The molecule has 9 heteroatoms. The number of para-hydroxylation sites is 1. The lowest BCUT2D eigenvalue weighted by Crippen LogP contribution is -2.56. The largest absolute Gasteiger partial charge is 0.496 e. The van der Waals surface area contributed by atoms with Crippen molar-refractivity contribution < 1.29 is 24.2 Å². The Hall–Kier alpha value is -2.91. The number of thioether (sulfide) groups is 1. The molecule has 2 aromatic rings. The fraction of sp³-hybridized carbons (Fsp3) is 0.417. The third-order valence-corrected chi connectivity index (χ3v) is 7.23. The highest BCUT2D eigenvalue weighted by Gasteiger charge is 2.68. The van der Waals surface area contributed by atoms with Gasteiger partial charge >= 0.3 is 5.97 Å². The minimum absolute atomic E-state index is 0.165. The summed E-state index contributed by atoms with van der Waals surface area (Å²) < 4.78 is 5.50. The van der Waals surface area contributed by atoms with Crippen LogP contribution in [0, 0.1) is 11.8 Å². The van der Waals surface area contributed by atoms with Crippen molar-refractivity contribution in [1.29, 1.82) is 0 Å². The van der Waals surface area contributed by atoms with Crippen molar-refractivity contribution in [2.75, 3.05) is 25.7 Å². The first-order valence-electron chi connectivity index (χ1n) is 10.8. The van der Waals surface area contributed by atoms with Crippen molar-refractivity contribution in [3.05, 3.63) is 59.9 Å². The number of hydrogen-bond donors (Lipinski definition) is 2. The average molecular weight is 470 g/mol. The first-order chi connectivity index (χ1) is 15.9. The van der Waals surface area contributed by atoms with Crippen LogP contribution in [0.2, 0.25) is 0 Å². The number of nitrogens with one attached hydrogen (secondary N) is 1. The molecule has 2 amide bonds. The number of hydrogen-bond acceptors (Lipinski definition) is 7. The number of fused-ring (bicyclic) bond motifs is 1. The Balaban J connectivity index is 1.74. The number of rotatable bonds is 9. The molecule has 2 aliphatic rings. The van der Waals surface area contributed by atoms with Crippen molar-refractivity contribution >= 4 is 29.5 Å². The molecule has 33 heavy (non-hydrogen) atoms. The number of likely N-dealkylation sites (tertiary alicyclic amines) is 1. The average Bonchev–Trinajstić information content (AvgIpc) is 3.31. The minimum Gasteiger partial charge on any atom is -0.496 e. The van der Waals surface area contributed by atoms with E-state index in [9.17, 15) is 19.5 Å². The van der Waals surface area contributed by atoms with E-state index in [0.29, 0.717) is 23.5 Å². The highest BCUT2D eigenvalue weighted by atomic mass is 32.2. The van der Waals surface area contributed by atoms with Crippen molar-refractivity contribution in [3.8, 4) is 5.75 Å². The van der Waals surface area contributed by atoms with Crippen LogP contribution >= 0.6 is 11.8 Å². The summed E-state index contributed by atoms with van der Waals surface area (Å²) in [4.78, 5) is 45.3. The SMILES string of the molecule is COc1ccccc1C1NC(CCSC)(C(=O)O)C2C(=O)N(CCc3ccccn3)C(=O)C12. The van der Waals surface area contributed by atoms with Gasteiger partial charge in [0.15, 0.2) is 0 Å². The first kappa shape index (κ1) is 23.3. The van der Waals surface area contributed by atoms with Crippen LogP contribution in [0.25, 0.3) is 0 Å². The van der Waals surface area contributed by atoms with Gasteiger partial charge in [0.05, 0.1) is 18.9 Å². The van der Waals surface area contributed by atoms with E-state index in [-0.39, 0.29) is 18.9 Å². The highest BCUT2D eigenvalue weighted by molar-refractivity contribution is 7.98. The monoisotopic (exact) mass is 469 g/mol. The van der Waals surface area contributed by atoms with E-state index in [1.807, 2.05) is 36.6 Å². The Morgan fingerprint density at radius 1 is 1.21 bits per heavy atom. The number of benzene rings is 1. The van der Waals surface area contributed by atoms with Gasteiger partial charge < -0.3 is 9.84 Å². The van der Waals surface area contributed by atoms with E-state index < -0.39 is 35.3 Å². The molecule has 174 valence electrons. The van der Waals surface area contributed by atoms with Crippen LogP contribution in [0.15, 0.2) is 48.7 Å². The lowest BCUT2D eigenvalue weighted by Gasteiger charge is -2.31. The molecular formula is C24H27N3O5S. The van der Waals surface area contributed by atoms with E-state index >= 15 is 0 Å². The normalized spacial score (nSPS) is 26.5. The lowest BCUT2D eigenvalue weighted by atomic mass is 9.78. The third-order valence-electron chi connectivity index (χ3n) is 6.62. The maximum absolute atomic E-state index is 13.6. The number of carbonyl (C=O) groups is 3. The smallest absolute Gasteiger partial charge is 0.324 e. The summed E-state index contributed by atoms with van der Waals surface area (Å²) in [6.07, 6.45) is 4.19. The fourth-order valence-corrected chi connectivity index (χ4v) is 5.57. The number of ether oxygens (including phenoxy) is 1. The van der Waals surface area contributed by atoms with Gasteiger partial charge in [-0.25, -0.2) is 0 Å². The van der Waals surface area contributed by atoms with E-state index in [1.54, 1.807) is 18.3 Å². The quantitative estimate of drug-likeness (QED) is 0.538. The molecule has 1 aromatic carbocycles. The number of pyridine rings is 1. The zero-order valence-electron chi connectivity index (χ0n) is 18.6. The second-order valence-electron chi connectivity index (χ2n) is 8.29. The molecule has 2 saturated heterocycles. The summed E-state index contributed by atoms with van der Waals surface area (Å²) >= 11 is 1.51. The Kier molecular flexibility index (Phi) is 6.71. The lowest BCUT2D eigenvalue weighted by molar-refractivity contribution is -0.151. The zero-order chi connectivity index (χ0) is 23.6. The van der Waals surface area contributed by atoms with Gasteiger partial charge in [0, 0.05) is 36.5 Å². The second kappa shape index (κ2) is 9.52. The van der Waals surface area contributed by atoms with Gasteiger partial charge in [0.25, 0.3) is 0 Å². The Morgan fingerprint density at radius 2 is 1.97 bits per heavy atom. The number of carboxylic acids is 1. The summed E-state index contributed by atoms with van der Waals surface area (Å²) in [6, 6.07) is 12.1. The number of imide groups is 1. The van der Waals surface area contributed by atoms with Crippen LogP contribution in [0.1, 0.15) is 23.7 Å². The molecule has 0 spiro atoms. The van der Waals surface area contributed by atoms with E-state index in [4.69, 9.17) is 4.74 Å². The van der Waals surface area contributed by atoms with Crippen LogP contribution in [-0.2, 0) is 20.8 Å². The molecule has 4 rings (SSSR count). The summed E-state index contributed by atoms with van der Waals surface area (Å²) in [7, 11) is 1.53. The van der Waals surface area contributed by atoms with E-state index in [1.165, 1.54) is 23.8 Å². The molecule has 0 saturated carbocycles. The maximum atomic E-state index is 13.6. The van der Waals surface area contributed by atoms with Crippen molar-refractivity contribution in [1.82, 2.24) is 15.2 Å². The molecule has 4 atom stereocenters. The molecule has 2 aliphatic heterocycles. The van der Waals surface area contributed by atoms with Gasteiger partial charge in [-0.2, -0.15) is 11.8 Å². The van der Waals surface area contributed by atoms with E-state index in [2.05, 4.69) is 10.3 Å². The second-order valence-corrected chi connectivity index (χ2v) is 9.27. The van der Waals surface area contributed by atoms with Crippen molar-refractivity contribution in [2.24, 2.45) is 11.8 Å².